The number of ketones is 1. The number of benzene rings is 3. The van der Waals surface area contributed by atoms with Crippen LogP contribution in [0.2, 0.25) is 0 Å². The lowest BCUT2D eigenvalue weighted by molar-refractivity contribution is 0.0746. The third kappa shape index (κ3) is 4.26. The van der Waals surface area contributed by atoms with Gasteiger partial charge in [0.25, 0.3) is 5.91 Å². The number of piperazine rings is 1. The van der Waals surface area contributed by atoms with Crippen LogP contribution in [0.25, 0.3) is 10.2 Å². The number of nitrogens with zero attached hydrogens (tertiary/aromatic N) is 3. The van der Waals surface area contributed by atoms with Crippen LogP contribution in [0.1, 0.15) is 37.4 Å². The number of amides is 1. The van der Waals surface area contributed by atoms with Crippen molar-refractivity contribution in [2.75, 3.05) is 31.1 Å². The Labute approximate surface area is 197 Å². The van der Waals surface area contributed by atoms with Crippen LogP contribution in [0.3, 0.4) is 0 Å². The number of anilines is 1. The van der Waals surface area contributed by atoms with Crippen molar-refractivity contribution in [3.63, 3.8) is 0 Å². The molecule has 1 fully saturated rings. The van der Waals surface area contributed by atoms with E-state index in [9.17, 15) is 9.59 Å². The van der Waals surface area contributed by atoms with Gasteiger partial charge in [-0.15, -0.1) is 0 Å². The van der Waals surface area contributed by atoms with Gasteiger partial charge in [0, 0.05) is 42.9 Å². The Balaban J connectivity index is 1.24. The SMILES string of the molecule is Cc1cc2nc(N3CCN(C(=O)c4ccc(C(=O)c5ccccc5)cc4)CC3)sc2cc1C. The highest BCUT2D eigenvalue weighted by Gasteiger charge is 2.24. The Hall–Kier alpha value is -3.51. The molecule has 5 rings (SSSR count). The fourth-order valence-electron chi connectivity index (χ4n) is 4.11. The average Bonchev–Trinajstić information content (AvgIpc) is 3.27. The van der Waals surface area contributed by atoms with Gasteiger partial charge >= 0.3 is 0 Å². The number of hydrogen-bond donors (Lipinski definition) is 0. The molecule has 3 aromatic carbocycles. The molecule has 0 unspecified atom stereocenters. The maximum atomic E-state index is 13.0. The maximum absolute atomic E-state index is 13.0. The van der Waals surface area contributed by atoms with Gasteiger partial charge in [-0.1, -0.05) is 53.8 Å². The summed E-state index contributed by atoms with van der Waals surface area (Å²) in [6.07, 6.45) is 0. The monoisotopic (exact) mass is 455 g/mol. The molecule has 4 aromatic rings. The van der Waals surface area contributed by atoms with E-state index in [1.165, 1.54) is 15.8 Å². The van der Waals surface area contributed by atoms with E-state index in [4.69, 9.17) is 4.98 Å². The zero-order valence-electron chi connectivity index (χ0n) is 18.7. The molecule has 0 spiro atoms. The molecule has 6 heteroatoms. The van der Waals surface area contributed by atoms with Gasteiger partial charge in [-0.2, -0.15) is 0 Å². The number of aryl methyl sites for hydroxylation is 2. The second-order valence-electron chi connectivity index (χ2n) is 8.45. The lowest BCUT2D eigenvalue weighted by Gasteiger charge is -2.34. The molecular weight excluding hydrogens is 430 g/mol. The van der Waals surface area contributed by atoms with Crippen molar-refractivity contribution in [1.82, 2.24) is 9.88 Å². The largest absolute Gasteiger partial charge is 0.345 e. The lowest BCUT2D eigenvalue weighted by atomic mass is 10.0. The minimum atomic E-state index is -0.0376. The Morgan fingerprint density at radius 2 is 1.39 bits per heavy atom. The van der Waals surface area contributed by atoms with Crippen LogP contribution in [0.4, 0.5) is 5.13 Å². The summed E-state index contributed by atoms with van der Waals surface area (Å²) >= 11 is 1.71. The van der Waals surface area contributed by atoms with Gasteiger partial charge in [0.2, 0.25) is 0 Å². The van der Waals surface area contributed by atoms with Crippen LogP contribution < -0.4 is 4.90 Å². The smallest absolute Gasteiger partial charge is 0.253 e. The Bertz CT molecular complexity index is 1280. The van der Waals surface area contributed by atoms with Gasteiger partial charge in [0.05, 0.1) is 10.2 Å². The molecule has 1 aliphatic heterocycles. The van der Waals surface area contributed by atoms with E-state index in [0.29, 0.717) is 29.8 Å². The van der Waals surface area contributed by atoms with Crippen molar-refractivity contribution >= 4 is 38.4 Å². The van der Waals surface area contributed by atoms with Gasteiger partial charge in [0.1, 0.15) is 0 Å². The van der Waals surface area contributed by atoms with E-state index < -0.39 is 0 Å². The highest BCUT2D eigenvalue weighted by Crippen LogP contribution is 2.31. The van der Waals surface area contributed by atoms with Gasteiger partial charge in [0.15, 0.2) is 10.9 Å². The third-order valence-electron chi connectivity index (χ3n) is 6.26. The molecule has 0 atom stereocenters. The molecule has 5 nitrogen and oxygen atoms in total. The number of hydrogen-bond acceptors (Lipinski definition) is 5. The summed E-state index contributed by atoms with van der Waals surface area (Å²) < 4.78 is 1.21. The van der Waals surface area contributed by atoms with E-state index in [1.807, 2.05) is 23.1 Å². The third-order valence-corrected chi connectivity index (χ3v) is 7.34. The molecule has 33 heavy (non-hydrogen) atoms. The summed E-state index contributed by atoms with van der Waals surface area (Å²) in [5, 5.41) is 1.02. The first-order chi connectivity index (χ1) is 16.0. The van der Waals surface area contributed by atoms with Gasteiger partial charge in [-0.05, 0) is 49.2 Å². The molecule has 0 radical (unpaired) electrons. The standard InChI is InChI=1S/C27H25N3O2S/c1-18-16-23-24(17-19(18)2)33-27(28-23)30-14-12-29(13-15-30)26(32)22-10-8-21(9-11-22)25(31)20-6-4-3-5-7-20/h3-11,16-17H,12-15H2,1-2H3. The Morgan fingerprint density at radius 1 is 0.788 bits per heavy atom. The minimum absolute atomic E-state index is 0.00362. The minimum Gasteiger partial charge on any atom is -0.345 e. The molecule has 0 saturated carbocycles. The zero-order chi connectivity index (χ0) is 22.9. The number of rotatable bonds is 4. The zero-order valence-corrected chi connectivity index (χ0v) is 19.6. The van der Waals surface area contributed by atoms with Gasteiger partial charge < -0.3 is 9.80 Å². The first kappa shape index (κ1) is 21.3. The van der Waals surface area contributed by atoms with Crippen molar-refractivity contribution in [3.8, 4) is 0 Å². The van der Waals surface area contributed by atoms with Crippen molar-refractivity contribution in [3.05, 3.63) is 94.5 Å². The van der Waals surface area contributed by atoms with Crippen molar-refractivity contribution in [1.29, 1.82) is 0 Å². The highest BCUT2D eigenvalue weighted by molar-refractivity contribution is 7.22. The second-order valence-corrected chi connectivity index (χ2v) is 9.46. The van der Waals surface area contributed by atoms with Crippen molar-refractivity contribution in [2.45, 2.75) is 13.8 Å². The van der Waals surface area contributed by atoms with E-state index in [-0.39, 0.29) is 11.7 Å². The molecule has 166 valence electrons. The molecule has 1 amide bonds. The summed E-state index contributed by atoms with van der Waals surface area (Å²) in [5.41, 5.74) is 5.42. The van der Waals surface area contributed by atoms with Gasteiger partial charge in [-0.3, -0.25) is 9.59 Å². The number of carbonyl (C=O) groups is 2. The Morgan fingerprint density at radius 3 is 2.09 bits per heavy atom. The van der Waals surface area contributed by atoms with E-state index >= 15 is 0 Å². The molecule has 1 saturated heterocycles. The topological polar surface area (TPSA) is 53.5 Å². The van der Waals surface area contributed by atoms with E-state index in [0.717, 1.165) is 23.7 Å². The predicted octanol–water partition coefficient (Wildman–Crippen LogP) is 5.11. The van der Waals surface area contributed by atoms with Crippen LogP contribution in [0.15, 0.2) is 66.7 Å². The second kappa shape index (κ2) is 8.79. The molecule has 0 bridgehead atoms. The highest BCUT2D eigenvalue weighted by atomic mass is 32.1. The number of thiazole rings is 1. The number of aromatic nitrogens is 1. The summed E-state index contributed by atoms with van der Waals surface area (Å²) in [5.74, 6) is -0.0339. The van der Waals surface area contributed by atoms with Crippen LogP contribution in [0, 0.1) is 13.8 Å². The average molecular weight is 456 g/mol. The maximum Gasteiger partial charge on any atom is 0.253 e. The summed E-state index contributed by atoms with van der Waals surface area (Å²) in [7, 11) is 0. The van der Waals surface area contributed by atoms with Crippen LogP contribution in [0.5, 0.6) is 0 Å². The lowest BCUT2D eigenvalue weighted by Crippen LogP contribution is -2.48. The van der Waals surface area contributed by atoms with Crippen molar-refractivity contribution < 1.29 is 9.59 Å². The predicted molar refractivity (Wildman–Crippen MR) is 134 cm³/mol. The summed E-state index contributed by atoms with van der Waals surface area (Å²) in [6.45, 7) is 7.06. The molecule has 1 aliphatic rings. The summed E-state index contributed by atoms with van der Waals surface area (Å²) in [4.78, 5) is 34.6. The first-order valence-corrected chi connectivity index (χ1v) is 11.9. The quantitative estimate of drug-likeness (QED) is 0.402. The summed E-state index contributed by atoms with van der Waals surface area (Å²) in [6, 6.07) is 20.5. The molecule has 0 N–H and O–H groups in total. The van der Waals surface area contributed by atoms with Crippen LogP contribution >= 0.6 is 11.3 Å². The molecule has 0 aliphatic carbocycles. The first-order valence-electron chi connectivity index (χ1n) is 11.1. The molecule has 1 aromatic heterocycles. The molecule has 2 heterocycles. The van der Waals surface area contributed by atoms with Crippen molar-refractivity contribution in [2.24, 2.45) is 0 Å². The van der Waals surface area contributed by atoms with E-state index in [2.05, 4.69) is 30.9 Å². The van der Waals surface area contributed by atoms with Gasteiger partial charge in [-0.25, -0.2) is 4.98 Å². The fourth-order valence-corrected chi connectivity index (χ4v) is 5.20. The van der Waals surface area contributed by atoms with E-state index in [1.54, 1.807) is 47.7 Å². The fraction of sp³-hybridized carbons (Fsp3) is 0.222. The number of carbonyl (C=O) groups excluding carboxylic acids is 2. The van der Waals surface area contributed by atoms with Crippen LogP contribution in [-0.2, 0) is 0 Å². The number of fused-ring (bicyclic) bond motifs is 1. The Kier molecular flexibility index (Phi) is 5.68. The normalized spacial score (nSPS) is 14.0. The molecular formula is C27H25N3O2S. The van der Waals surface area contributed by atoms with Crippen LogP contribution in [-0.4, -0.2) is 47.8 Å².